The van der Waals surface area contributed by atoms with Crippen molar-refractivity contribution >= 4 is 48.8 Å². The van der Waals surface area contributed by atoms with Crippen molar-refractivity contribution < 1.29 is 23.1 Å². The number of thiophene rings is 1. The Morgan fingerprint density at radius 3 is 2.62 bits per heavy atom. The number of hydrogen-bond acceptors (Lipinski definition) is 5. The van der Waals surface area contributed by atoms with E-state index in [0.717, 1.165) is 28.9 Å². The highest BCUT2D eigenvalue weighted by Crippen LogP contribution is 2.28. The largest absolute Gasteiger partial charge is 0.477 e. The zero-order valence-corrected chi connectivity index (χ0v) is 14.9. The summed E-state index contributed by atoms with van der Waals surface area (Å²) in [4.78, 5) is 23.1. The molecule has 0 unspecified atom stereocenters. The van der Waals surface area contributed by atoms with Gasteiger partial charge in [-0.25, -0.2) is 13.2 Å². The molecule has 2 aromatic rings. The maximum Gasteiger partial charge on any atom is 0.345 e. The van der Waals surface area contributed by atoms with Gasteiger partial charge < -0.3 is 10.4 Å². The van der Waals surface area contributed by atoms with Crippen LogP contribution in [0.2, 0.25) is 0 Å². The zero-order valence-electron chi connectivity index (χ0n) is 13.2. The molecular weight excluding hydrogens is 350 g/mol. The van der Waals surface area contributed by atoms with Gasteiger partial charge in [-0.2, -0.15) is 0 Å². The Labute approximate surface area is 144 Å². The minimum atomic E-state index is -3.41. The number of carbonyl (C=O) groups is 2. The zero-order chi connectivity index (χ0) is 17.7. The number of rotatable bonds is 8. The first-order chi connectivity index (χ1) is 11.3. The van der Waals surface area contributed by atoms with Gasteiger partial charge in [0.2, 0.25) is 5.91 Å². The maximum atomic E-state index is 11.9. The highest BCUT2D eigenvalue weighted by molar-refractivity contribution is 7.92. The van der Waals surface area contributed by atoms with Crippen molar-refractivity contribution in [1.82, 2.24) is 0 Å². The molecule has 2 N–H and O–H groups in total. The van der Waals surface area contributed by atoms with E-state index in [9.17, 15) is 18.0 Å². The van der Waals surface area contributed by atoms with Gasteiger partial charge >= 0.3 is 5.97 Å². The first kappa shape index (κ1) is 18.4. The molecule has 0 spiro atoms. The number of benzene rings is 1. The van der Waals surface area contributed by atoms with Crippen LogP contribution in [0.1, 0.15) is 35.9 Å². The summed E-state index contributed by atoms with van der Waals surface area (Å²) in [5, 5.41) is 12.2. The van der Waals surface area contributed by atoms with Crippen LogP contribution in [0.4, 0.5) is 5.69 Å². The smallest absolute Gasteiger partial charge is 0.345 e. The molecule has 0 aliphatic carbocycles. The molecular formula is C16H19NO5S2. The summed E-state index contributed by atoms with van der Waals surface area (Å²) in [6.45, 7) is 1.98. The molecule has 130 valence electrons. The summed E-state index contributed by atoms with van der Waals surface area (Å²) >= 11 is 1.15. The quantitative estimate of drug-likeness (QED) is 0.696. The third kappa shape index (κ3) is 5.04. The molecule has 1 amide bonds. The van der Waals surface area contributed by atoms with Gasteiger partial charge in [-0.05, 0) is 36.1 Å². The number of aromatic carboxylic acids is 1. The second-order valence-electron chi connectivity index (χ2n) is 5.52. The number of carboxylic acids is 1. The van der Waals surface area contributed by atoms with Crippen LogP contribution in [0.15, 0.2) is 24.3 Å². The Hall–Kier alpha value is -1.93. The van der Waals surface area contributed by atoms with Crippen molar-refractivity contribution in [3.05, 3.63) is 29.1 Å². The summed E-state index contributed by atoms with van der Waals surface area (Å²) in [7, 11) is -3.41. The third-order valence-electron chi connectivity index (χ3n) is 3.42. The van der Waals surface area contributed by atoms with Crippen molar-refractivity contribution in [2.24, 2.45) is 0 Å². The Morgan fingerprint density at radius 2 is 1.96 bits per heavy atom. The van der Waals surface area contributed by atoms with E-state index in [2.05, 4.69) is 5.32 Å². The first-order valence-electron chi connectivity index (χ1n) is 7.58. The second kappa shape index (κ2) is 7.76. The second-order valence-corrected chi connectivity index (χ2v) is 8.78. The predicted octanol–water partition coefficient (Wildman–Crippen LogP) is 3.14. The molecule has 0 saturated heterocycles. The summed E-state index contributed by atoms with van der Waals surface area (Å²) < 4.78 is 24.5. The molecule has 1 heterocycles. The van der Waals surface area contributed by atoms with Crippen LogP contribution in [0.5, 0.6) is 0 Å². The van der Waals surface area contributed by atoms with E-state index in [0.29, 0.717) is 17.5 Å². The standard InChI is InChI=1S/C16H19NO5S2/c1-2-3-4-7-24(21,22)10-15(18)17-12-5-6-13-11(8-12)9-14(23-13)16(19)20/h5-6,8-9H,2-4,7,10H2,1H3,(H,17,18)(H,19,20). The van der Waals surface area contributed by atoms with Crippen LogP contribution in [0.25, 0.3) is 10.1 Å². The lowest BCUT2D eigenvalue weighted by molar-refractivity contribution is -0.113. The molecule has 0 atom stereocenters. The minimum Gasteiger partial charge on any atom is -0.477 e. The number of carboxylic acid groups (broad SMARTS) is 1. The predicted molar refractivity (Wildman–Crippen MR) is 95.6 cm³/mol. The highest BCUT2D eigenvalue weighted by Gasteiger charge is 2.17. The topological polar surface area (TPSA) is 101 Å². The van der Waals surface area contributed by atoms with Gasteiger partial charge in [0.05, 0.1) is 5.75 Å². The van der Waals surface area contributed by atoms with Crippen LogP contribution in [0, 0.1) is 0 Å². The lowest BCUT2D eigenvalue weighted by Gasteiger charge is -2.06. The number of hydrogen-bond donors (Lipinski definition) is 2. The fraction of sp³-hybridized carbons (Fsp3) is 0.375. The highest BCUT2D eigenvalue weighted by atomic mass is 32.2. The third-order valence-corrected chi connectivity index (χ3v) is 6.14. The molecule has 8 heteroatoms. The molecule has 0 aliphatic rings. The Morgan fingerprint density at radius 1 is 1.21 bits per heavy atom. The molecule has 0 saturated carbocycles. The van der Waals surface area contributed by atoms with Crippen molar-refractivity contribution in [2.45, 2.75) is 26.2 Å². The SMILES string of the molecule is CCCCCS(=O)(=O)CC(=O)Nc1ccc2sc(C(=O)O)cc2c1. The Balaban J connectivity index is 2.03. The van der Waals surface area contributed by atoms with Gasteiger partial charge in [0.15, 0.2) is 9.84 Å². The monoisotopic (exact) mass is 369 g/mol. The van der Waals surface area contributed by atoms with E-state index in [1.807, 2.05) is 6.92 Å². The van der Waals surface area contributed by atoms with E-state index in [-0.39, 0.29) is 10.6 Å². The van der Waals surface area contributed by atoms with Crippen LogP contribution >= 0.6 is 11.3 Å². The Kier molecular flexibility index (Phi) is 5.95. The molecule has 2 rings (SSSR count). The van der Waals surface area contributed by atoms with Gasteiger partial charge in [-0.15, -0.1) is 11.3 Å². The molecule has 0 bridgehead atoms. The van der Waals surface area contributed by atoms with Gasteiger partial charge in [-0.1, -0.05) is 19.8 Å². The number of amides is 1. The Bertz CT molecular complexity index is 854. The molecule has 6 nitrogen and oxygen atoms in total. The summed E-state index contributed by atoms with van der Waals surface area (Å²) in [6, 6.07) is 6.50. The number of unbranched alkanes of at least 4 members (excludes halogenated alkanes) is 2. The lowest BCUT2D eigenvalue weighted by Crippen LogP contribution is -2.24. The van der Waals surface area contributed by atoms with E-state index >= 15 is 0 Å². The van der Waals surface area contributed by atoms with Gasteiger partial charge in [0.1, 0.15) is 10.6 Å². The number of nitrogens with one attached hydrogen (secondary N) is 1. The molecule has 0 radical (unpaired) electrons. The number of anilines is 1. The molecule has 24 heavy (non-hydrogen) atoms. The average Bonchev–Trinajstić information content (AvgIpc) is 2.90. The lowest BCUT2D eigenvalue weighted by atomic mass is 10.2. The van der Waals surface area contributed by atoms with Crippen molar-refractivity contribution in [3.8, 4) is 0 Å². The first-order valence-corrected chi connectivity index (χ1v) is 10.2. The van der Waals surface area contributed by atoms with Crippen LogP contribution in [0.3, 0.4) is 0 Å². The summed E-state index contributed by atoms with van der Waals surface area (Å²) in [5.74, 6) is -2.11. The number of carbonyl (C=O) groups excluding carboxylic acids is 1. The van der Waals surface area contributed by atoms with Crippen LogP contribution in [-0.2, 0) is 14.6 Å². The number of sulfone groups is 1. The van der Waals surface area contributed by atoms with E-state index in [1.54, 1.807) is 18.2 Å². The van der Waals surface area contributed by atoms with Gasteiger partial charge in [0, 0.05) is 10.4 Å². The van der Waals surface area contributed by atoms with Gasteiger partial charge in [-0.3, -0.25) is 4.79 Å². The van der Waals surface area contributed by atoms with Gasteiger partial charge in [0.25, 0.3) is 0 Å². The van der Waals surface area contributed by atoms with Crippen molar-refractivity contribution in [1.29, 1.82) is 0 Å². The minimum absolute atomic E-state index is 0.0137. The molecule has 1 aromatic carbocycles. The maximum absolute atomic E-state index is 11.9. The normalized spacial score (nSPS) is 11.5. The summed E-state index contributed by atoms with van der Waals surface area (Å²) in [6.07, 6.45) is 2.30. The summed E-state index contributed by atoms with van der Waals surface area (Å²) in [5.41, 5.74) is 0.450. The van der Waals surface area contributed by atoms with Crippen molar-refractivity contribution in [2.75, 3.05) is 16.8 Å². The number of fused-ring (bicyclic) bond motifs is 1. The van der Waals surface area contributed by atoms with E-state index in [4.69, 9.17) is 5.11 Å². The molecule has 1 aromatic heterocycles. The van der Waals surface area contributed by atoms with Crippen LogP contribution in [-0.4, -0.2) is 36.9 Å². The fourth-order valence-electron chi connectivity index (χ4n) is 2.27. The fourth-order valence-corrected chi connectivity index (χ4v) is 4.41. The van der Waals surface area contributed by atoms with Crippen LogP contribution < -0.4 is 5.32 Å². The van der Waals surface area contributed by atoms with E-state index in [1.165, 1.54) is 6.07 Å². The average molecular weight is 369 g/mol. The van der Waals surface area contributed by atoms with Crippen molar-refractivity contribution in [3.63, 3.8) is 0 Å². The molecule has 0 fully saturated rings. The molecule has 0 aliphatic heterocycles. The van der Waals surface area contributed by atoms with E-state index < -0.39 is 27.5 Å².